The second-order valence-electron chi connectivity index (χ2n) is 3.90. The van der Waals surface area contributed by atoms with Gasteiger partial charge in [0.15, 0.2) is 0 Å². The lowest BCUT2D eigenvalue weighted by Crippen LogP contribution is -2.53. The molecule has 0 spiro atoms. The van der Waals surface area contributed by atoms with Crippen molar-refractivity contribution in [2.75, 3.05) is 0 Å². The molecule has 1 fully saturated rings. The van der Waals surface area contributed by atoms with Gasteiger partial charge in [-0.05, 0) is 18.3 Å². The summed E-state index contributed by atoms with van der Waals surface area (Å²) in [5, 5.41) is 22.0. The normalized spacial score (nSPS) is 36.5. The van der Waals surface area contributed by atoms with E-state index in [1.165, 1.54) is 0 Å². The zero-order valence-corrected chi connectivity index (χ0v) is 7.88. The molecule has 4 N–H and O–H groups in total. The summed E-state index contributed by atoms with van der Waals surface area (Å²) in [5.74, 6) is 0.228. The number of fused-ring (bicyclic) bond motifs is 2. The molecule has 0 aromatic carbocycles. The molecule has 1 saturated carbocycles. The Morgan fingerprint density at radius 1 is 1.00 bits per heavy atom. The van der Waals surface area contributed by atoms with E-state index in [0.29, 0.717) is 0 Å². The Balaban J connectivity index is 2.09. The van der Waals surface area contributed by atoms with Crippen molar-refractivity contribution in [3.05, 3.63) is 12.2 Å². The summed E-state index contributed by atoms with van der Waals surface area (Å²) in [6, 6.07) is -0.679. The third-order valence-corrected chi connectivity index (χ3v) is 3.04. The molecule has 0 aliphatic heterocycles. The maximum absolute atomic E-state index is 10.6. The average molecular weight is 212 g/mol. The number of hydrogen-bond donors (Lipinski definition) is 4. The first-order chi connectivity index (χ1) is 7.08. The topological polar surface area (TPSA) is 98.7 Å². The minimum atomic E-state index is -1.11. The fourth-order valence-electron chi connectivity index (χ4n) is 2.50. The number of carboxylic acid groups (broad SMARTS) is 2. The van der Waals surface area contributed by atoms with E-state index >= 15 is 0 Å². The fraction of sp³-hybridized carbons (Fsp3) is 0.556. The lowest BCUT2D eigenvalue weighted by Gasteiger charge is -2.27. The van der Waals surface area contributed by atoms with E-state index < -0.39 is 12.2 Å². The Kier molecular flexibility index (Phi) is 2.26. The molecule has 0 saturated heterocycles. The molecule has 15 heavy (non-hydrogen) atoms. The predicted octanol–water partition coefficient (Wildman–Crippen LogP) is 0.465. The third-order valence-electron chi connectivity index (χ3n) is 3.04. The molecule has 2 bridgehead atoms. The molecular weight excluding hydrogens is 200 g/mol. The first-order valence-corrected chi connectivity index (χ1v) is 4.75. The van der Waals surface area contributed by atoms with Crippen molar-refractivity contribution in [1.82, 2.24) is 10.6 Å². The quantitative estimate of drug-likeness (QED) is 0.500. The van der Waals surface area contributed by atoms with Gasteiger partial charge in [-0.3, -0.25) is 0 Å². The van der Waals surface area contributed by atoms with Crippen LogP contribution in [0.15, 0.2) is 12.2 Å². The van der Waals surface area contributed by atoms with Crippen molar-refractivity contribution >= 4 is 12.2 Å². The highest BCUT2D eigenvalue weighted by atomic mass is 16.4. The standard InChI is InChI=1S/C9H12N2O4/c12-8(13)10-6-4-1-2-5(3-4)7(6)11-9(14)15/h1-2,4-7,10-11H,3H2,(H,12,13)(H,14,15). The average Bonchev–Trinajstić information content (AvgIpc) is 2.67. The second kappa shape index (κ2) is 3.45. The Morgan fingerprint density at radius 3 is 1.73 bits per heavy atom. The SMILES string of the molecule is O=C(O)NC1C2C=CC(C2)C1NC(=O)O. The van der Waals surface area contributed by atoms with Crippen LogP contribution in [0.2, 0.25) is 0 Å². The van der Waals surface area contributed by atoms with Crippen molar-refractivity contribution in [2.45, 2.75) is 18.5 Å². The van der Waals surface area contributed by atoms with Crippen molar-refractivity contribution in [1.29, 1.82) is 0 Å². The van der Waals surface area contributed by atoms with Gasteiger partial charge in [0.05, 0.1) is 12.1 Å². The van der Waals surface area contributed by atoms with Crippen molar-refractivity contribution in [3.8, 4) is 0 Å². The smallest absolute Gasteiger partial charge is 0.404 e. The summed E-state index contributed by atoms with van der Waals surface area (Å²) in [4.78, 5) is 21.1. The van der Waals surface area contributed by atoms with E-state index in [4.69, 9.17) is 10.2 Å². The van der Waals surface area contributed by atoms with Crippen LogP contribution in [0.25, 0.3) is 0 Å². The third kappa shape index (κ3) is 1.74. The van der Waals surface area contributed by atoms with Crippen LogP contribution in [0.5, 0.6) is 0 Å². The van der Waals surface area contributed by atoms with Gasteiger partial charge in [0.1, 0.15) is 0 Å². The Morgan fingerprint density at radius 2 is 1.40 bits per heavy atom. The lowest BCUT2D eigenvalue weighted by atomic mass is 9.96. The predicted molar refractivity (Wildman–Crippen MR) is 50.6 cm³/mol. The highest BCUT2D eigenvalue weighted by molar-refractivity contribution is 5.67. The Bertz CT molecular complexity index is 298. The number of nitrogens with one attached hydrogen (secondary N) is 2. The number of hydrogen-bond acceptors (Lipinski definition) is 2. The van der Waals surface area contributed by atoms with Gasteiger partial charge in [-0.15, -0.1) is 0 Å². The van der Waals surface area contributed by atoms with E-state index in [1.54, 1.807) is 0 Å². The van der Waals surface area contributed by atoms with E-state index in [2.05, 4.69) is 10.6 Å². The summed E-state index contributed by atoms with van der Waals surface area (Å²) in [5.41, 5.74) is 0. The first-order valence-electron chi connectivity index (χ1n) is 4.75. The zero-order chi connectivity index (χ0) is 11.0. The van der Waals surface area contributed by atoms with E-state index in [9.17, 15) is 9.59 Å². The van der Waals surface area contributed by atoms with Gasteiger partial charge in [-0.2, -0.15) is 0 Å². The molecule has 0 heterocycles. The fourth-order valence-corrected chi connectivity index (χ4v) is 2.50. The minimum Gasteiger partial charge on any atom is -0.465 e. The van der Waals surface area contributed by atoms with Gasteiger partial charge in [-0.25, -0.2) is 9.59 Å². The van der Waals surface area contributed by atoms with E-state index in [0.717, 1.165) is 6.42 Å². The summed E-state index contributed by atoms with van der Waals surface area (Å²) in [6.07, 6.45) is 2.49. The zero-order valence-electron chi connectivity index (χ0n) is 7.88. The molecule has 4 atom stereocenters. The largest absolute Gasteiger partial charge is 0.465 e. The molecule has 2 rings (SSSR count). The molecule has 6 heteroatoms. The van der Waals surface area contributed by atoms with E-state index in [1.807, 2.05) is 12.2 Å². The minimum absolute atomic E-state index is 0.114. The van der Waals surface area contributed by atoms with Crippen LogP contribution in [0.4, 0.5) is 9.59 Å². The van der Waals surface area contributed by atoms with Crippen molar-refractivity contribution < 1.29 is 19.8 Å². The van der Waals surface area contributed by atoms with Gasteiger partial charge in [0.25, 0.3) is 0 Å². The highest BCUT2D eigenvalue weighted by Crippen LogP contribution is 2.39. The molecule has 82 valence electrons. The van der Waals surface area contributed by atoms with Gasteiger partial charge in [-0.1, -0.05) is 12.2 Å². The summed E-state index contributed by atoms with van der Waals surface area (Å²) < 4.78 is 0. The highest BCUT2D eigenvalue weighted by Gasteiger charge is 2.46. The summed E-state index contributed by atoms with van der Waals surface area (Å²) in [7, 11) is 0. The number of amides is 2. The van der Waals surface area contributed by atoms with Gasteiger partial charge in [0, 0.05) is 0 Å². The maximum atomic E-state index is 10.6. The maximum Gasteiger partial charge on any atom is 0.404 e. The van der Waals surface area contributed by atoms with Crippen LogP contribution in [-0.4, -0.2) is 34.5 Å². The van der Waals surface area contributed by atoms with Crippen LogP contribution < -0.4 is 10.6 Å². The van der Waals surface area contributed by atoms with Gasteiger partial charge >= 0.3 is 12.2 Å². The lowest BCUT2D eigenvalue weighted by molar-refractivity contribution is 0.173. The number of carbonyl (C=O) groups is 2. The molecule has 0 aromatic rings. The van der Waals surface area contributed by atoms with Crippen molar-refractivity contribution in [2.24, 2.45) is 11.8 Å². The van der Waals surface area contributed by atoms with Crippen molar-refractivity contribution in [3.63, 3.8) is 0 Å². The molecule has 6 nitrogen and oxygen atoms in total. The molecule has 0 radical (unpaired) electrons. The van der Waals surface area contributed by atoms with Crippen LogP contribution in [0.1, 0.15) is 6.42 Å². The second-order valence-corrected chi connectivity index (χ2v) is 3.90. The summed E-state index contributed by atoms with van der Waals surface area (Å²) >= 11 is 0. The molecule has 0 aromatic heterocycles. The van der Waals surface area contributed by atoms with Gasteiger partial charge < -0.3 is 20.8 Å². The Labute approximate surface area is 86.0 Å². The molecule has 4 unspecified atom stereocenters. The van der Waals surface area contributed by atoms with Crippen LogP contribution in [0.3, 0.4) is 0 Å². The monoisotopic (exact) mass is 212 g/mol. The molecule has 2 aliphatic carbocycles. The Hall–Kier alpha value is -1.72. The van der Waals surface area contributed by atoms with Gasteiger partial charge in [0.2, 0.25) is 0 Å². The molecular formula is C9H12N2O4. The first kappa shape index (κ1) is 9.82. The summed E-state index contributed by atoms with van der Waals surface area (Å²) in [6.45, 7) is 0. The number of rotatable bonds is 2. The molecule has 2 amide bonds. The van der Waals surface area contributed by atoms with E-state index in [-0.39, 0.29) is 23.9 Å². The van der Waals surface area contributed by atoms with Crippen LogP contribution >= 0.6 is 0 Å². The van der Waals surface area contributed by atoms with Crippen LogP contribution in [0, 0.1) is 11.8 Å². The van der Waals surface area contributed by atoms with Crippen LogP contribution in [-0.2, 0) is 0 Å². The molecule has 2 aliphatic rings.